The minimum atomic E-state index is -5.08. The number of nitrogens with one attached hydrogen (secondary N) is 2. The molecule has 1 atom stereocenters. The van der Waals surface area contributed by atoms with Gasteiger partial charge in [-0.2, -0.15) is 13.2 Å². The molecule has 0 spiro atoms. The van der Waals surface area contributed by atoms with Crippen LogP contribution in [-0.2, 0) is 20.6 Å². The van der Waals surface area contributed by atoms with Gasteiger partial charge in [0.2, 0.25) is 5.91 Å². The van der Waals surface area contributed by atoms with Gasteiger partial charge in [0.05, 0.1) is 29.6 Å². The molecule has 1 aliphatic carbocycles. The molecule has 0 saturated heterocycles. The Balaban J connectivity index is 0.000000532. The first-order valence-electron chi connectivity index (χ1n) is 11.8. The number of anilines is 2. The van der Waals surface area contributed by atoms with Crippen molar-refractivity contribution in [3.63, 3.8) is 0 Å². The van der Waals surface area contributed by atoms with Crippen LogP contribution in [0.25, 0.3) is 10.4 Å². The highest BCUT2D eigenvalue weighted by atomic mass is 32.2. The first-order chi connectivity index (χ1) is 18.4. The minimum Gasteiger partial charge on any atom is -0.495 e. The lowest BCUT2D eigenvalue weighted by atomic mass is 10.1. The van der Waals surface area contributed by atoms with Crippen LogP contribution in [0.2, 0.25) is 0 Å². The van der Waals surface area contributed by atoms with E-state index in [9.17, 15) is 22.2 Å². The van der Waals surface area contributed by atoms with Gasteiger partial charge in [0.25, 0.3) is 0 Å². The lowest BCUT2D eigenvalue weighted by Gasteiger charge is -2.12. The highest BCUT2D eigenvalue weighted by Gasteiger charge is 2.38. The van der Waals surface area contributed by atoms with Crippen LogP contribution in [-0.4, -0.2) is 44.4 Å². The predicted molar refractivity (Wildman–Crippen MR) is 142 cm³/mol. The first-order valence-corrected chi connectivity index (χ1v) is 13.7. The summed E-state index contributed by atoms with van der Waals surface area (Å²) in [6.07, 6.45) is 0.675. The average Bonchev–Trinajstić information content (AvgIpc) is 3.55. The number of nitrogens with zero attached hydrogens (tertiary/aromatic N) is 2. The minimum absolute atomic E-state index is 0.0511. The zero-order valence-electron chi connectivity index (χ0n) is 21.3. The van der Waals surface area contributed by atoms with Crippen molar-refractivity contribution in [3.05, 3.63) is 47.9 Å². The number of carbonyl (C=O) groups excluding carboxylic acids is 1. The van der Waals surface area contributed by atoms with E-state index in [4.69, 9.17) is 14.6 Å². The largest absolute Gasteiger partial charge is 0.495 e. The Morgan fingerprint density at radius 2 is 1.82 bits per heavy atom. The van der Waals surface area contributed by atoms with E-state index >= 15 is 0 Å². The van der Waals surface area contributed by atoms with Crippen molar-refractivity contribution in [3.8, 4) is 16.2 Å². The van der Waals surface area contributed by atoms with Gasteiger partial charge >= 0.3 is 12.1 Å². The molecule has 2 aromatic heterocycles. The summed E-state index contributed by atoms with van der Waals surface area (Å²) in [7, 11) is 0.00561. The second-order valence-corrected chi connectivity index (χ2v) is 10.8. The highest BCUT2D eigenvalue weighted by molar-refractivity contribution is 7.86. The van der Waals surface area contributed by atoms with E-state index in [0.717, 1.165) is 47.5 Å². The van der Waals surface area contributed by atoms with Crippen molar-refractivity contribution >= 4 is 45.0 Å². The van der Waals surface area contributed by atoms with Crippen LogP contribution >= 0.6 is 11.3 Å². The van der Waals surface area contributed by atoms with E-state index in [-0.39, 0.29) is 11.8 Å². The average molecular weight is 585 g/mol. The maximum Gasteiger partial charge on any atom is 0.490 e. The van der Waals surface area contributed by atoms with Gasteiger partial charge in [0.15, 0.2) is 16.1 Å². The number of methoxy groups -OCH3 is 1. The van der Waals surface area contributed by atoms with Gasteiger partial charge in [-0.25, -0.2) is 14.0 Å². The molecule has 2 heterocycles. The molecule has 0 aliphatic heterocycles. The molecular weight excluding hydrogens is 557 g/mol. The molecule has 1 aromatic carbocycles. The maximum atomic E-state index is 13.1. The summed E-state index contributed by atoms with van der Waals surface area (Å²) < 4.78 is 53.2. The van der Waals surface area contributed by atoms with E-state index in [2.05, 4.69) is 20.0 Å². The van der Waals surface area contributed by atoms with Crippen molar-refractivity contribution < 1.29 is 36.8 Å². The standard InChI is InChI=1S/C23H26N4O3S2.C2HF3O2/c1-14-8-10-18(13-24-14)27-32(29)20-12-17(9-11-19(20)30-3)21-15(2)25-23(31-21)26-22(28)16-6-4-5-7-16;3-2(4,5)1(6)7/h8-13,16,27H,4-7H2,1-3H3,(H,25,26,28);(H,6,7). The van der Waals surface area contributed by atoms with Gasteiger partial charge in [-0.05, 0) is 62.6 Å². The Hall–Kier alpha value is -3.52. The van der Waals surface area contributed by atoms with E-state index in [0.29, 0.717) is 21.5 Å². The summed E-state index contributed by atoms with van der Waals surface area (Å²) in [5, 5.41) is 10.7. The van der Waals surface area contributed by atoms with E-state index in [1.165, 1.54) is 11.3 Å². The van der Waals surface area contributed by atoms with Crippen molar-refractivity contribution in [1.82, 2.24) is 9.97 Å². The number of aryl methyl sites for hydroxylation is 2. The first kappa shape index (κ1) is 30.0. The number of carbonyl (C=O) groups is 2. The summed E-state index contributed by atoms with van der Waals surface area (Å²) in [6, 6.07) is 9.24. The van der Waals surface area contributed by atoms with E-state index < -0.39 is 23.1 Å². The molecule has 3 aromatic rings. The number of thiazole rings is 1. The fourth-order valence-electron chi connectivity index (χ4n) is 3.77. The second kappa shape index (κ2) is 13.0. The third-order valence-corrected chi connectivity index (χ3v) is 8.00. The number of ether oxygens (including phenoxy) is 1. The molecule has 210 valence electrons. The molecule has 9 nitrogen and oxygen atoms in total. The van der Waals surface area contributed by atoms with Crippen LogP contribution in [0.5, 0.6) is 5.75 Å². The van der Waals surface area contributed by atoms with Crippen LogP contribution in [0.4, 0.5) is 24.0 Å². The van der Waals surface area contributed by atoms with Crippen molar-refractivity contribution in [2.24, 2.45) is 5.92 Å². The number of benzene rings is 1. The molecule has 1 fully saturated rings. The monoisotopic (exact) mass is 584 g/mol. The molecular formula is C25H27F3N4O5S2. The lowest BCUT2D eigenvalue weighted by Crippen LogP contribution is -2.21. The number of carboxylic acid groups (broad SMARTS) is 1. The van der Waals surface area contributed by atoms with Crippen LogP contribution in [0.1, 0.15) is 37.1 Å². The zero-order chi connectivity index (χ0) is 28.7. The van der Waals surface area contributed by atoms with Crippen molar-refractivity contribution in [2.75, 3.05) is 17.1 Å². The number of halogens is 3. The second-order valence-electron chi connectivity index (χ2n) is 8.63. The molecule has 1 unspecified atom stereocenters. The molecule has 1 saturated carbocycles. The van der Waals surface area contributed by atoms with Crippen LogP contribution in [0.3, 0.4) is 0 Å². The van der Waals surface area contributed by atoms with Gasteiger partial charge in [-0.3, -0.25) is 14.5 Å². The van der Waals surface area contributed by atoms with Crippen LogP contribution in [0.15, 0.2) is 41.4 Å². The predicted octanol–water partition coefficient (Wildman–Crippen LogP) is 5.73. The molecule has 0 bridgehead atoms. The number of hydrogen-bond acceptors (Lipinski definition) is 7. The Bertz CT molecular complexity index is 1340. The summed E-state index contributed by atoms with van der Waals surface area (Å²) >= 11 is 1.43. The quantitative estimate of drug-likeness (QED) is 0.323. The van der Waals surface area contributed by atoms with Crippen LogP contribution < -0.4 is 14.8 Å². The molecule has 0 radical (unpaired) electrons. The third kappa shape index (κ3) is 8.23. The number of alkyl halides is 3. The summed E-state index contributed by atoms with van der Waals surface area (Å²) in [6.45, 7) is 3.81. The van der Waals surface area contributed by atoms with Gasteiger partial charge in [-0.15, -0.1) is 0 Å². The summed E-state index contributed by atoms with van der Waals surface area (Å²) in [5.74, 6) is -2.10. The molecule has 3 N–H and O–H groups in total. The highest BCUT2D eigenvalue weighted by Crippen LogP contribution is 2.37. The zero-order valence-corrected chi connectivity index (χ0v) is 22.9. The van der Waals surface area contributed by atoms with Crippen molar-refractivity contribution in [1.29, 1.82) is 0 Å². The van der Waals surface area contributed by atoms with Gasteiger partial charge < -0.3 is 15.2 Å². The molecule has 1 amide bonds. The van der Waals surface area contributed by atoms with E-state index in [1.54, 1.807) is 19.4 Å². The maximum absolute atomic E-state index is 13.1. The number of aromatic nitrogens is 2. The van der Waals surface area contributed by atoms with Gasteiger partial charge in [-0.1, -0.05) is 24.2 Å². The Labute approximate surface area is 229 Å². The molecule has 39 heavy (non-hydrogen) atoms. The van der Waals surface area contributed by atoms with Gasteiger partial charge in [0, 0.05) is 11.6 Å². The number of hydrogen-bond donors (Lipinski definition) is 3. The lowest BCUT2D eigenvalue weighted by molar-refractivity contribution is -0.192. The van der Waals surface area contributed by atoms with Crippen LogP contribution in [0, 0.1) is 19.8 Å². The normalized spacial score (nSPS) is 14.2. The number of rotatable bonds is 7. The SMILES string of the molecule is COc1ccc(-c2sc(NC(=O)C3CCCC3)nc2C)cc1S(=O)Nc1ccc(C)nc1.O=C(O)C(F)(F)F. The third-order valence-electron chi connectivity index (χ3n) is 5.74. The topological polar surface area (TPSA) is 131 Å². The number of amides is 1. The molecule has 4 rings (SSSR count). The number of carboxylic acids is 1. The molecule has 1 aliphatic rings. The Morgan fingerprint density at radius 1 is 1.15 bits per heavy atom. The van der Waals surface area contributed by atoms with Crippen molar-refractivity contribution in [2.45, 2.75) is 50.6 Å². The Morgan fingerprint density at radius 3 is 2.38 bits per heavy atom. The van der Waals surface area contributed by atoms with E-state index in [1.807, 2.05) is 38.1 Å². The Kier molecular flexibility index (Phi) is 10.0. The fourth-order valence-corrected chi connectivity index (χ4v) is 5.74. The number of pyridine rings is 1. The van der Waals surface area contributed by atoms with Gasteiger partial charge in [0.1, 0.15) is 10.6 Å². The summed E-state index contributed by atoms with van der Waals surface area (Å²) in [5.41, 5.74) is 3.23. The smallest absolute Gasteiger partial charge is 0.490 e. The summed E-state index contributed by atoms with van der Waals surface area (Å²) in [4.78, 5) is 31.6. The molecule has 14 heteroatoms. The number of aliphatic carboxylic acids is 1. The fraction of sp³-hybridized carbons (Fsp3) is 0.360.